The smallest absolute Gasteiger partial charge is 0.326 e. The highest BCUT2D eigenvalue weighted by Gasteiger charge is 2.29. The first-order chi connectivity index (χ1) is 12.6. The summed E-state index contributed by atoms with van der Waals surface area (Å²) in [6, 6.07) is -3.93. The number of thiol groups is 1. The van der Waals surface area contributed by atoms with Crippen LogP contribution in [0.5, 0.6) is 0 Å². The third-order valence-corrected chi connectivity index (χ3v) is 4.33. The van der Waals surface area contributed by atoms with E-state index in [-0.39, 0.29) is 17.7 Å². The summed E-state index contributed by atoms with van der Waals surface area (Å²) in [7, 11) is 0. The highest BCUT2D eigenvalue weighted by molar-refractivity contribution is 7.80. The predicted molar refractivity (Wildman–Crippen MR) is 97.8 cm³/mol. The Bertz CT molecular complexity index is 595. The Morgan fingerprint density at radius 3 is 2.26 bits per heavy atom. The van der Waals surface area contributed by atoms with Gasteiger partial charge in [-0.2, -0.15) is 12.6 Å². The summed E-state index contributed by atoms with van der Waals surface area (Å²) in [4.78, 5) is 58.4. The second kappa shape index (κ2) is 10.7. The zero-order chi connectivity index (χ0) is 20.6. The molecule has 0 spiro atoms. The molecule has 0 saturated carbocycles. The molecule has 1 rings (SSSR count). The van der Waals surface area contributed by atoms with Crippen LogP contribution in [0.15, 0.2) is 0 Å². The van der Waals surface area contributed by atoms with Gasteiger partial charge >= 0.3 is 5.97 Å². The first-order valence-corrected chi connectivity index (χ1v) is 9.05. The van der Waals surface area contributed by atoms with Crippen LogP contribution in [-0.4, -0.2) is 71.2 Å². The van der Waals surface area contributed by atoms with Crippen LogP contribution in [0.25, 0.3) is 0 Å². The fourth-order valence-electron chi connectivity index (χ4n) is 2.45. The molecule has 12 heteroatoms. The molecule has 0 aromatic rings. The fraction of sp³-hybridized carbons (Fsp3) is 0.667. The molecule has 0 aromatic heterocycles. The molecule has 1 saturated heterocycles. The zero-order valence-corrected chi connectivity index (χ0v) is 15.8. The summed E-state index contributed by atoms with van der Waals surface area (Å²) >= 11 is 3.97. The molecular weight excluding hydrogens is 378 g/mol. The number of rotatable bonds is 10. The summed E-state index contributed by atoms with van der Waals surface area (Å²) in [5.41, 5.74) is 4.95. The fourth-order valence-corrected chi connectivity index (χ4v) is 2.71. The van der Waals surface area contributed by atoms with Crippen LogP contribution in [0, 0.1) is 0 Å². The van der Waals surface area contributed by atoms with E-state index in [0.29, 0.717) is 6.42 Å². The van der Waals surface area contributed by atoms with Crippen molar-refractivity contribution in [1.82, 2.24) is 21.3 Å². The van der Waals surface area contributed by atoms with Gasteiger partial charge in [-0.3, -0.25) is 19.2 Å². The molecule has 11 nitrogen and oxygen atoms in total. The monoisotopic (exact) mass is 403 g/mol. The number of nitrogens with two attached hydrogens (primary N) is 1. The molecule has 0 aliphatic carbocycles. The first-order valence-electron chi connectivity index (χ1n) is 8.42. The predicted octanol–water partition coefficient (Wildman–Crippen LogP) is -2.90. The van der Waals surface area contributed by atoms with Gasteiger partial charge in [0.25, 0.3) is 0 Å². The van der Waals surface area contributed by atoms with E-state index in [9.17, 15) is 24.0 Å². The van der Waals surface area contributed by atoms with E-state index in [4.69, 9.17) is 10.8 Å². The normalized spacial score (nSPS) is 19.4. The Morgan fingerprint density at radius 2 is 1.78 bits per heavy atom. The van der Waals surface area contributed by atoms with Crippen molar-refractivity contribution in [3.63, 3.8) is 0 Å². The summed E-state index contributed by atoms with van der Waals surface area (Å²) < 4.78 is 0. The van der Waals surface area contributed by atoms with Gasteiger partial charge in [0, 0.05) is 5.75 Å². The van der Waals surface area contributed by atoms with E-state index in [1.54, 1.807) is 0 Å². The lowest BCUT2D eigenvalue weighted by molar-refractivity contribution is -0.143. The maximum atomic E-state index is 12.2. The molecule has 4 unspecified atom stereocenters. The van der Waals surface area contributed by atoms with Crippen LogP contribution in [0.3, 0.4) is 0 Å². The number of carboxylic acids is 1. The quantitative estimate of drug-likeness (QED) is 0.191. The van der Waals surface area contributed by atoms with Gasteiger partial charge in [-0.15, -0.1) is 0 Å². The molecule has 0 radical (unpaired) electrons. The van der Waals surface area contributed by atoms with Gasteiger partial charge in [-0.1, -0.05) is 0 Å². The van der Waals surface area contributed by atoms with E-state index >= 15 is 0 Å². The Labute approximate surface area is 161 Å². The molecule has 152 valence electrons. The Hall–Kier alpha value is -2.34. The summed E-state index contributed by atoms with van der Waals surface area (Å²) in [6.45, 7) is 2.19. The SMILES string of the molecule is CC(NC(=O)C1CCCN1)C(=O)NC(CS)C(=O)NC(CC(N)=O)C(=O)O. The van der Waals surface area contributed by atoms with Crippen LogP contribution in [-0.2, 0) is 24.0 Å². The summed E-state index contributed by atoms with van der Waals surface area (Å²) in [6.07, 6.45) is 0.962. The maximum Gasteiger partial charge on any atom is 0.326 e. The topological polar surface area (TPSA) is 180 Å². The molecule has 27 heavy (non-hydrogen) atoms. The molecule has 0 bridgehead atoms. The number of carbonyl (C=O) groups excluding carboxylic acids is 4. The molecule has 0 aromatic carbocycles. The number of hydrogen-bond acceptors (Lipinski definition) is 7. The molecule has 1 aliphatic rings. The van der Waals surface area contributed by atoms with Crippen molar-refractivity contribution < 1.29 is 29.1 Å². The number of primary amides is 1. The molecular formula is C15H25N5O6S. The highest BCUT2D eigenvalue weighted by Crippen LogP contribution is 2.05. The lowest BCUT2D eigenvalue weighted by Gasteiger charge is -2.22. The van der Waals surface area contributed by atoms with Crippen molar-refractivity contribution in [2.24, 2.45) is 5.73 Å². The Balaban J connectivity index is 2.59. The van der Waals surface area contributed by atoms with Gasteiger partial charge in [0.15, 0.2) is 0 Å². The number of carboxylic acid groups (broad SMARTS) is 1. The van der Waals surface area contributed by atoms with Crippen LogP contribution >= 0.6 is 12.6 Å². The van der Waals surface area contributed by atoms with Crippen LogP contribution < -0.4 is 27.0 Å². The van der Waals surface area contributed by atoms with E-state index in [0.717, 1.165) is 13.0 Å². The minimum Gasteiger partial charge on any atom is -0.480 e. The molecule has 1 fully saturated rings. The molecule has 1 aliphatic heterocycles. The average molecular weight is 403 g/mol. The van der Waals surface area contributed by atoms with Gasteiger partial charge < -0.3 is 32.1 Å². The van der Waals surface area contributed by atoms with E-state index in [1.165, 1.54) is 6.92 Å². The standard InChI is InChI=1S/C15H25N5O6S/c1-7(18-13(23)8-3-2-4-17-8)12(22)20-10(6-27)14(24)19-9(15(25)26)5-11(16)21/h7-10,17,27H,2-6H2,1H3,(H2,16,21)(H,18,23)(H,19,24)(H,20,22)(H,25,26). The molecule has 4 atom stereocenters. The minimum atomic E-state index is -1.51. The second-order valence-electron chi connectivity index (χ2n) is 6.19. The van der Waals surface area contributed by atoms with Crippen molar-refractivity contribution in [3.8, 4) is 0 Å². The van der Waals surface area contributed by atoms with Crippen molar-refractivity contribution in [1.29, 1.82) is 0 Å². The van der Waals surface area contributed by atoms with Gasteiger partial charge in [-0.25, -0.2) is 4.79 Å². The number of carbonyl (C=O) groups is 5. The first kappa shape index (κ1) is 22.7. The van der Waals surface area contributed by atoms with E-state index < -0.39 is 48.2 Å². The third kappa shape index (κ3) is 7.43. The van der Waals surface area contributed by atoms with Gasteiger partial charge in [-0.05, 0) is 26.3 Å². The van der Waals surface area contributed by atoms with E-state index in [1.807, 2.05) is 0 Å². The van der Waals surface area contributed by atoms with Crippen molar-refractivity contribution in [3.05, 3.63) is 0 Å². The van der Waals surface area contributed by atoms with Crippen LogP contribution in [0.1, 0.15) is 26.2 Å². The van der Waals surface area contributed by atoms with Crippen LogP contribution in [0.4, 0.5) is 0 Å². The second-order valence-corrected chi connectivity index (χ2v) is 6.56. The molecule has 7 N–H and O–H groups in total. The van der Waals surface area contributed by atoms with Gasteiger partial charge in [0.2, 0.25) is 23.6 Å². The average Bonchev–Trinajstić information content (AvgIpc) is 3.12. The summed E-state index contributed by atoms with van der Waals surface area (Å²) in [5.74, 6) is -4.22. The number of hydrogen-bond donors (Lipinski definition) is 7. The van der Waals surface area contributed by atoms with Gasteiger partial charge in [0.1, 0.15) is 18.1 Å². The molecule has 4 amide bonds. The maximum absolute atomic E-state index is 12.2. The summed E-state index contributed by atoms with van der Waals surface area (Å²) in [5, 5.41) is 19.1. The Kier molecular flexibility index (Phi) is 9.02. The van der Waals surface area contributed by atoms with Crippen LogP contribution in [0.2, 0.25) is 0 Å². The van der Waals surface area contributed by atoms with Crippen molar-refractivity contribution in [2.75, 3.05) is 12.3 Å². The van der Waals surface area contributed by atoms with Crippen molar-refractivity contribution in [2.45, 2.75) is 50.4 Å². The molecule has 1 heterocycles. The Morgan fingerprint density at radius 1 is 1.15 bits per heavy atom. The number of amides is 4. The highest BCUT2D eigenvalue weighted by atomic mass is 32.1. The van der Waals surface area contributed by atoms with Gasteiger partial charge in [0.05, 0.1) is 12.5 Å². The third-order valence-electron chi connectivity index (χ3n) is 3.96. The van der Waals surface area contributed by atoms with Crippen molar-refractivity contribution >= 4 is 42.2 Å². The zero-order valence-electron chi connectivity index (χ0n) is 14.9. The number of nitrogens with one attached hydrogen (secondary N) is 4. The van der Waals surface area contributed by atoms with E-state index in [2.05, 4.69) is 33.9 Å². The largest absolute Gasteiger partial charge is 0.480 e. The number of aliphatic carboxylic acids is 1. The lowest BCUT2D eigenvalue weighted by atomic mass is 10.1. The lowest BCUT2D eigenvalue weighted by Crippen LogP contribution is -2.57. The minimum absolute atomic E-state index is 0.120.